The van der Waals surface area contributed by atoms with E-state index in [0.29, 0.717) is 0 Å². The number of carbonyl (C=O) groups excluding carboxylic acids is 3. The van der Waals surface area contributed by atoms with Crippen LogP contribution >= 0.6 is 0 Å². The standard InChI is InChI=1S/C5H5.3CO.Cr.2H/c1-2-4-5-3-1;3*1-2;;;/h1-3H,4H2;;;;;;/q;;;;+2;2*-1. The van der Waals surface area contributed by atoms with Crippen molar-refractivity contribution >= 4 is 20.4 Å². The predicted molar refractivity (Wildman–Crippen MR) is 41.1 cm³/mol. The van der Waals surface area contributed by atoms with E-state index in [1.54, 1.807) is 0 Å². The summed E-state index contributed by atoms with van der Waals surface area (Å²) in [5.74, 6) is 0. The fourth-order valence-electron chi connectivity index (χ4n) is 0.428. The molecule has 0 atom stereocenters. The van der Waals surface area contributed by atoms with E-state index in [4.69, 9.17) is 14.4 Å². The third-order valence-electron chi connectivity index (χ3n) is 0.737. The molecule has 0 aromatic rings. The molecule has 0 spiro atoms. The normalized spacial score (nSPS) is 10.1. The van der Waals surface area contributed by atoms with E-state index >= 15 is 0 Å². The van der Waals surface area contributed by atoms with Crippen LogP contribution in [-0.4, -0.2) is 20.4 Å². The van der Waals surface area contributed by atoms with Gasteiger partial charge in [-0.3, -0.25) is 14.4 Å². The first-order valence-electron chi connectivity index (χ1n) is 2.53. The van der Waals surface area contributed by atoms with Crippen LogP contribution in [0.5, 0.6) is 0 Å². The number of hydrogen-bond donors (Lipinski definition) is 0. The summed E-state index contributed by atoms with van der Waals surface area (Å²) in [5, 5.41) is 0. The Morgan fingerprint density at radius 2 is 1.58 bits per heavy atom. The summed E-state index contributed by atoms with van der Waals surface area (Å²) in [7, 11) is 0. The van der Waals surface area contributed by atoms with Gasteiger partial charge in [0.1, 0.15) is 0 Å². The molecular formula is C8H7CrO3. The van der Waals surface area contributed by atoms with Crippen molar-refractivity contribution in [3.05, 3.63) is 22.7 Å². The maximum Gasteiger partial charge on any atom is -1.00 e. The molecule has 0 fully saturated rings. The fraction of sp³-hybridized carbons (Fsp3) is 0.125. The molecule has 12 heavy (non-hydrogen) atoms. The van der Waals surface area contributed by atoms with Gasteiger partial charge in [0.2, 0.25) is 0 Å². The molecule has 0 amide bonds. The Bertz CT molecular complexity index is 147. The molecule has 0 aromatic carbocycles. The number of hydrogen-bond acceptors (Lipinski definition) is 3. The van der Waals surface area contributed by atoms with Gasteiger partial charge in [-0.2, -0.15) is 0 Å². The SMILES string of the molecule is [C]=O.[C]=O.[C]=O.[Cr+2][C]1=CC=CC1.[H-].[H-]. The molecule has 0 aliphatic heterocycles. The van der Waals surface area contributed by atoms with Gasteiger partial charge >= 0.3 is 45.4 Å². The molecule has 0 aromatic heterocycles. The Hall–Kier alpha value is -0.978. The first-order chi connectivity index (χ1) is 5.89. The van der Waals surface area contributed by atoms with Crippen molar-refractivity contribution in [3.8, 4) is 0 Å². The van der Waals surface area contributed by atoms with E-state index < -0.39 is 0 Å². The zero-order valence-corrected chi connectivity index (χ0v) is 7.35. The van der Waals surface area contributed by atoms with Gasteiger partial charge in [-0.15, -0.1) is 0 Å². The maximum absolute atomic E-state index is 7.50. The van der Waals surface area contributed by atoms with Crippen LogP contribution in [0, 0.1) is 0 Å². The second-order valence-electron chi connectivity index (χ2n) is 1.27. The summed E-state index contributed by atoms with van der Waals surface area (Å²) >= 11 is 2.94. The van der Waals surface area contributed by atoms with Gasteiger partial charge in [0.15, 0.2) is 0 Å². The quantitative estimate of drug-likeness (QED) is 0.573. The second kappa shape index (κ2) is 22.5. The van der Waals surface area contributed by atoms with Gasteiger partial charge in [-0.05, 0) is 0 Å². The molecule has 0 saturated heterocycles. The van der Waals surface area contributed by atoms with Crippen LogP contribution in [0.1, 0.15) is 9.27 Å². The third kappa shape index (κ3) is 16.0. The smallest absolute Gasteiger partial charge is 1.00 e. The molecule has 0 heterocycles. The van der Waals surface area contributed by atoms with Crippen LogP contribution in [0.2, 0.25) is 0 Å². The Balaban J connectivity index is -0.0000000300. The summed E-state index contributed by atoms with van der Waals surface area (Å²) in [6, 6.07) is 0. The van der Waals surface area contributed by atoms with Gasteiger partial charge < -0.3 is 2.85 Å². The molecule has 1 rings (SSSR count). The third-order valence-corrected chi connectivity index (χ3v) is 1.21. The van der Waals surface area contributed by atoms with Gasteiger partial charge in [0.05, 0.1) is 0 Å². The van der Waals surface area contributed by atoms with E-state index in [0.717, 1.165) is 6.42 Å². The van der Waals surface area contributed by atoms with E-state index in [9.17, 15) is 0 Å². The van der Waals surface area contributed by atoms with Crippen LogP contribution in [-0.2, 0) is 30.7 Å². The van der Waals surface area contributed by atoms with Crippen LogP contribution < -0.4 is 0 Å². The molecule has 63 valence electrons. The van der Waals surface area contributed by atoms with E-state index in [1.165, 1.54) is 4.44 Å². The van der Waals surface area contributed by atoms with Crippen molar-refractivity contribution < 1.29 is 33.5 Å². The maximum atomic E-state index is 7.50. The Morgan fingerprint density at radius 3 is 1.67 bits per heavy atom. The van der Waals surface area contributed by atoms with Crippen molar-refractivity contribution in [2.75, 3.05) is 0 Å². The van der Waals surface area contributed by atoms with Crippen molar-refractivity contribution in [2.24, 2.45) is 0 Å². The number of rotatable bonds is 0. The summed E-state index contributed by atoms with van der Waals surface area (Å²) in [6.07, 6.45) is 7.39. The fourth-order valence-corrected chi connectivity index (χ4v) is 0.701. The van der Waals surface area contributed by atoms with E-state index in [1.807, 2.05) is 0 Å². The van der Waals surface area contributed by atoms with Crippen LogP contribution in [0.4, 0.5) is 0 Å². The molecule has 3 nitrogen and oxygen atoms in total. The van der Waals surface area contributed by atoms with Crippen molar-refractivity contribution in [3.63, 3.8) is 0 Å². The zero-order valence-electron chi connectivity index (χ0n) is 8.07. The Labute approximate surface area is 83.5 Å². The summed E-state index contributed by atoms with van der Waals surface area (Å²) < 4.78 is 1.34. The largest absolute Gasteiger partial charge is 1.00 e. The first-order valence-corrected chi connectivity index (χ1v) is 3.17. The minimum atomic E-state index is 0. The molecule has 1 aliphatic carbocycles. The minimum absolute atomic E-state index is 0. The molecule has 0 unspecified atom stereocenters. The van der Waals surface area contributed by atoms with Crippen molar-refractivity contribution in [1.82, 2.24) is 0 Å². The molecule has 1 aliphatic rings. The monoisotopic (exact) mass is 203 g/mol. The molecular weight excluding hydrogens is 196 g/mol. The van der Waals surface area contributed by atoms with E-state index in [-0.39, 0.29) is 2.85 Å². The van der Waals surface area contributed by atoms with Gasteiger partial charge in [-0.25, -0.2) is 0 Å². The topological polar surface area (TPSA) is 51.2 Å². The van der Waals surface area contributed by atoms with Crippen molar-refractivity contribution in [2.45, 2.75) is 6.42 Å². The summed E-state index contributed by atoms with van der Waals surface area (Å²) in [4.78, 5) is 22.5. The Kier molecular flexibility index (Phi) is 32.2. The molecule has 0 saturated carbocycles. The van der Waals surface area contributed by atoms with E-state index in [2.05, 4.69) is 54.9 Å². The molecule has 0 N–H and O–H groups in total. The van der Waals surface area contributed by atoms with Crippen LogP contribution in [0.3, 0.4) is 0 Å². The average Bonchev–Trinajstić information content (AvgIpc) is 2.66. The summed E-state index contributed by atoms with van der Waals surface area (Å²) in [5.41, 5.74) is 0. The Morgan fingerprint density at radius 1 is 1.17 bits per heavy atom. The van der Waals surface area contributed by atoms with Gasteiger partial charge in [0.25, 0.3) is 20.4 Å². The zero-order chi connectivity index (χ0) is 10.4. The predicted octanol–water partition coefficient (Wildman–Crippen LogP) is 0.411. The molecule has 4 heteroatoms. The van der Waals surface area contributed by atoms with Crippen LogP contribution in [0.15, 0.2) is 22.7 Å². The van der Waals surface area contributed by atoms with Crippen LogP contribution in [0.25, 0.3) is 0 Å². The van der Waals surface area contributed by atoms with Gasteiger partial charge in [-0.1, -0.05) is 0 Å². The summed E-state index contributed by atoms with van der Waals surface area (Å²) in [6.45, 7) is 13.5. The van der Waals surface area contributed by atoms with Gasteiger partial charge in [0, 0.05) is 0 Å². The molecule has 6 radical (unpaired) electrons. The molecule has 0 bridgehead atoms. The second-order valence-corrected chi connectivity index (χ2v) is 2.08. The average molecular weight is 203 g/mol. The van der Waals surface area contributed by atoms with Crippen molar-refractivity contribution in [1.29, 1.82) is 0 Å². The minimum Gasteiger partial charge on any atom is -1.00 e. The first kappa shape index (κ1) is 17.2. The number of allylic oxidation sites excluding steroid dienone is 4.